The predicted octanol–water partition coefficient (Wildman–Crippen LogP) is 1.23. The summed E-state index contributed by atoms with van der Waals surface area (Å²) in [5.74, 6) is 0.349. The number of hydrogen-bond donors (Lipinski definition) is 1. The Bertz CT molecular complexity index is 347. The zero-order valence-electron chi connectivity index (χ0n) is 8.90. The van der Waals surface area contributed by atoms with Crippen molar-refractivity contribution in [2.24, 2.45) is 5.73 Å². The van der Waals surface area contributed by atoms with Gasteiger partial charge in [-0.15, -0.1) is 0 Å². The molecule has 2 rings (SSSR count). The zero-order valence-corrected chi connectivity index (χ0v) is 8.90. The van der Waals surface area contributed by atoms with Gasteiger partial charge in [0.15, 0.2) is 5.76 Å². The summed E-state index contributed by atoms with van der Waals surface area (Å²) in [5.41, 5.74) is 5.52. The lowest BCUT2D eigenvalue weighted by Crippen LogP contribution is -2.49. The first-order valence-corrected chi connectivity index (χ1v) is 5.23. The lowest BCUT2D eigenvalue weighted by atomic mass is 9.99. The SMILES string of the molecule is CC1(CN)CCCN1C(=O)c1ccco1. The van der Waals surface area contributed by atoms with Crippen LogP contribution in [0.25, 0.3) is 0 Å². The Morgan fingerprint density at radius 3 is 3.13 bits per heavy atom. The Kier molecular flexibility index (Phi) is 2.52. The highest BCUT2D eigenvalue weighted by Gasteiger charge is 2.39. The molecule has 1 fully saturated rings. The van der Waals surface area contributed by atoms with Gasteiger partial charge in [0.2, 0.25) is 0 Å². The Morgan fingerprint density at radius 1 is 1.73 bits per heavy atom. The second kappa shape index (κ2) is 3.70. The molecule has 82 valence electrons. The molecule has 0 radical (unpaired) electrons. The molecule has 1 aliphatic heterocycles. The van der Waals surface area contributed by atoms with E-state index in [1.54, 1.807) is 12.1 Å². The van der Waals surface area contributed by atoms with Gasteiger partial charge in [-0.25, -0.2) is 0 Å². The molecule has 4 nitrogen and oxygen atoms in total. The fourth-order valence-corrected chi connectivity index (χ4v) is 2.12. The van der Waals surface area contributed by atoms with E-state index in [9.17, 15) is 4.79 Å². The minimum atomic E-state index is -0.204. The number of likely N-dealkylation sites (tertiary alicyclic amines) is 1. The first-order chi connectivity index (χ1) is 7.17. The minimum Gasteiger partial charge on any atom is -0.459 e. The average molecular weight is 208 g/mol. The van der Waals surface area contributed by atoms with Crippen molar-refractivity contribution >= 4 is 5.91 Å². The Balaban J connectivity index is 2.21. The molecule has 1 unspecified atom stereocenters. The van der Waals surface area contributed by atoms with Gasteiger partial charge in [-0.3, -0.25) is 4.79 Å². The molecule has 0 aliphatic carbocycles. The van der Waals surface area contributed by atoms with Crippen LogP contribution in [0, 0.1) is 0 Å². The van der Waals surface area contributed by atoms with Crippen molar-refractivity contribution in [3.8, 4) is 0 Å². The molecule has 0 bridgehead atoms. The Hall–Kier alpha value is -1.29. The molecule has 15 heavy (non-hydrogen) atoms. The molecule has 4 heteroatoms. The van der Waals surface area contributed by atoms with Crippen LogP contribution in [0.5, 0.6) is 0 Å². The molecule has 1 saturated heterocycles. The molecule has 0 saturated carbocycles. The summed E-state index contributed by atoms with van der Waals surface area (Å²) in [7, 11) is 0. The van der Waals surface area contributed by atoms with Crippen LogP contribution in [0.2, 0.25) is 0 Å². The summed E-state index contributed by atoms with van der Waals surface area (Å²) in [6.07, 6.45) is 3.50. The topological polar surface area (TPSA) is 59.5 Å². The number of nitrogens with zero attached hydrogens (tertiary/aromatic N) is 1. The highest BCUT2D eigenvalue weighted by Crippen LogP contribution is 2.29. The summed E-state index contributed by atoms with van der Waals surface area (Å²) in [6, 6.07) is 3.42. The maximum Gasteiger partial charge on any atom is 0.290 e. The van der Waals surface area contributed by atoms with Gasteiger partial charge in [-0.2, -0.15) is 0 Å². The van der Waals surface area contributed by atoms with Crippen molar-refractivity contribution in [2.45, 2.75) is 25.3 Å². The van der Waals surface area contributed by atoms with Crippen molar-refractivity contribution in [1.82, 2.24) is 4.90 Å². The molecule has 1 aliphatic rings. The Morgan fingerprint density at radius 2 is 2.53 bits per heavy atom. The minimum absolute atomic E-state index is 0.0505. The molecule has 1 aromatic rings. The van der Waals surface area contributed by atoms with Crippen molar-refractivity contribution in [3.63, 3.8) is 0 Å². The fraction of sp³-hybridized carbons (Fsp3) is 0.545. The Labute approximate surface area is 89.0 Å². The normalized spacial score (nSPS) is 25.9. The van der Waals surface area contributed by atoms with Gasteiger partial charge in [0.25, 0.3) is 5.91 Å². The van der Waals surface area contributed by atoms with Gasteiger partial charge in [-0.1, -0.05) is 0 Å². The smallest absolute Gasteiger partial charge is 0.290 e. The summed E-state index contributed by atoms with van der Waals surface area (Å²) in [4.78, 5) is 13.9. The van der Waals surface area contributed by atoms with Crippen LogP contribution >= 0.6 is 0 Å². The number of nitrogens with two attached hydrogens (primary N) is 1. The molecule has 1 aromatic heterocycles. The second-order valence-electron chi connectivity index (χ2n) is 4.24. The number of furan rings is 1. The van der Waals surface area contributed by atoms with E-state index in [4.69, 9.17) is 10.2 Å². The van der Waals surface area contributed by atoms with Crippen molar-refractivity contribution in [2.75, 3.05) is 13.1 Å². The fourth-order valence-electron chi connectivity index (χ4n) is 2.12. The zero-order chi connectivity index (χ0) is 10.9. The summed E-state index contributed by atoms with van der Waals surface area (Å²) >= 11 is 0. The number of rotatable bonds is 2. The first-order valence-electron chi connectivity index (χ1n) is 5.23. The predicted molar refractivity (Wildman–Crippen MR) is 56.4 cm³/mol. The van der Waals surface area contributed by atoms with Gasteiger partial charge in [0.05, 0.1) is 11.8 Å². The summed E-state index contributed by atoms with van der Waals surface area (Å²) in [5, 5.41) is 0. The van der Waals surface area contributed by atoms with Gasteiger partial charge in [0, 0.05) is 13.1 Å². The molecule has 1 amide bonds. The van der Waals surface area contributed by atoms with Gasteiger partial charge < -0.3 is 15.1 Å². The number of amides is 1. The maximum atomic E-state index is 12.1. The first kappa shape index (κ1) is 10.2. The monoisotopic (exact) mass is 208 g/mol. The standard InChI is InChI=1S/C11H16N2O2/c1-11(8-12)5-3-6-13(11)10(14)9-4-2-7-15-9/h2,4,7H,3,5-6,8,12H2,1H3. The third-order valence-corrected chi connectivity index (χ3v) is 3.17. The van der Waals surface area contributed by atoms with Crippen LogP contribution in [0.4, 0.5) is 0 Å². The van der Waals surface area contributed by atoms with E-state index >= 15 is 0 Å². The quantitative estimate of drug-likeness (QED) is 0.795. The molecule has 0 spiro atoms. The molecular weight excluding hydrogens is 192 g/mol. The average Bonchev–Trinajstić information content (AvgIpc) is 2.86. The van der Waals surface area contributed by atoms with E-state index in [0.29, 0.717) is 12.3 Å². The number of hydrogen-bond acceptors (Lipinski definition) is 3. The second-order valence-corrected chi connectivity index (χ2v) is 4.24. The summed E-state index contributed by atoms with van der Waals surface area (Å²) < 4.78 is 5.11. The van der Waals surface area contributed by atoms with Crippen molar-refractivity contribution in [3.05, 3.63) is 24.2 Å². The number of carbonyl (C=O) groups is 1. The van der Waals surface area contributed by atoms with Crippen LogP contribution in [0.3, 0.4) is 0 Å². The van der Waals surface area contributed by atoms with E-state index in [0.717, 1.165) is 19.4 Å². The van der Waals surface area contributed by atoms with Gasteiger partial charge in [0.1, 0.15) is 0 Å². The summed E-state index contributed by atoms with van der Waals surface area (Å²) in [6.45, 7) is 3.30. The van der Waals surface area contributed by atoms with Gasteiger partial charge in [-0.05, 0) is 31.9 Å². The lowest BCUT2D eigenvalue weighted by molar-refractivity contribution is 0.0604. The van der Waals surface area contributed by atoms with E-state index in [2.05, 4.69) is 0 Å². The van der Waals surface area contributed by atoms with Crippen LogP contribution in [0.1, 0.15) is 30.3 Å². The molecule has 0 aromatic carbocycles. The molecule has 1 atom stereocenters. The largest absolute Gasteiger partial charge is 0.459 e. The van der Waals surface area contributed by atoms with Crippen LogP contribution < -0.4 is 5.73 Å². The van der Waals surface area contributed by atoms with E-state index in [-0.39, 0.29) is 11.4 Å². The van der Waals surface area contributed by atoms with E-state index < -0.39 is 0 Å². The van der Waals surface area contributed by atoms with Gasteiger partial charge >= 0.3 is 0 Å². The van der Waals surface area contributed by atoms with Crippen LogP contribution in [-0.4, -0.2) is 29.4 Å². The maximum absolute atomic E-state index is 12.1. The third kappa shape index (κ3) is 1.65. The molecule has 2 N–H and O–H groups in total. The van der Waals surface area contributed by atoms with E-state index in [1.807, 2.05) is 11.8 Å². The van der Waals surface area contributed by atoms with Crippen molar-refractivity contribution in [1.29, 1.82) is 0 Å². The lowest BCUT2D eigenvalue weighted by Gasteiger charge is -2.33. The molecule has 2 heterocycles. The van der Waals surface area contributed by atoms with Crippen molar-refractivity contribution < 1.29 is 9.21 Å². The highest BCUT2D eigenvalue weighted by atomic mass is 16.3. The van der Waals surface area contributed by atoms with Crippen LogP contribution in [-0.2, 0) is 0 Å². The highest BCUT2D eigenvalue weighted by molar-refractivity contribution is 5.92. The van der Waals surface area contributed by atoms with E-state index in [1.165, 1.54) is 6.26 Å². The number of carbonyl (C=O) groups excluding carboxylic acids is 1. The molecular formula is C11H16N2O2. The third-order valence-electron chi connectivity index (χ3n) is 3.17. The van der Waals surface area contributed by atoms with Crippen LogP contribution in [0.15, 0.2) is 22.8 Å².